The molecule has 2 rings (SSSR count). The molecule has 0 saturated carbocycles. The van der Waals surface area contributed by atoms with Gasteiger partial charge in [0.2, 0.25) is 5.91 Å². The Hall–Kier alpha value is -2.44. The first-order valence-corrected chi connectivity index (χ1v) is 7.02. The van der Waals surface area contributed by atoms with E-state index in [0.717, 1.165) is 5.56 Å². The molecule has 118 valence electrons. The smallest absolute Gasteiger partial charge is 0.394 e. The van der Waals surface area contributed by atoms with Gasteiger partial charge in [-0.2, -0.15) is 0 Å². The Kier molecular flexibility index (Phi) is 5.08. The molecule has 0 aliphatic carbocycles. The molecule has 1 saturated heterocycles. The number of hydrogen-bond acceptors (Lipinski definition) is 3. The van der Waals surface area contributed by atoms with Crippen molar-refractivity contribution >= 4 is 17.8 Å². The summed E-state index contributed by atoms with van der Waals surface area (Å²) in [7, 11) is 0. The van der Waals surface area contributed by atoms with Crippen LogP contribution in [0.5, 0.6) is 0 Å². The maximum atomic E-state index is 12.8. The Bertz CT molecular complexity index is 565. The molecule has 1 aliphatic heterocycles. The molecule has 0 aromatic heterocycles. The fourth-order valence-electron chi connectivity index (χ4n) is 2.35. The molecule has 0 spiro atoms. The van der Waals surface area contributed by atoms with Crippen molar-refractivity contribution in [3.63, 3.8) is 0 Å². The van der Waals surface area contributed by atoms with E-state index in [1.807, 2.05) is 0 Å². The van der Waals surface area contributed by atoms with Gasteiger partial charge >= 0.3 is 11.9 Å². The van der Waals surface area contributed by atoms with Gasteiger partial charge in [-0.15, -0.1) is 0 Å². The predicted octanol–water partition coefficient (Wildman–Crippen LogP) is 0.514. The Morgan fingerprint density at radius 1 is 1.00 bits per heavy atom. The summed E-state index contributed by atoms with van der Waals surface area (Å²) < 4.78 is 12.8. The van der Waals surface area contributed by atoms with Crippen molar-refractivity contribution in [2.24, 2.45) is 0 Å². The van der Waals surface area contributed by atoms with Crippen molar-refractivity contribution in [1.29, 1.82) is 0 Å². The van der Waals surface area contributed by atoms with E-state index in [1.54, 1.807) is 17.0 Å². The number of carbonyl (C=O) groups excluding carboxylic acids is 2. The van der Waals surface area contributed by atoms with Gasteiger partial charge in [0.05, 0.1) is 0 Å². The zero-order chi connectivity index (χ0) is 16.1. The number of carboxylic acid groups (broad SMARTS) is 1. The lowest BCUT2D eigenvalue weighted by molar-refractivity contribution is -0.157. The van der Waals surface area contributed by atoms with E-state index >= 15 is 0 Å². The molecule has 6 nitrogen and oxygen atoms in total. The standard InChI is InChI=1S/C15H17FN2O4/c16-12-4-1-11(2-5-12)3-6-13(19)17-7-9-18(10-8-17)14(20)15(21)22/h1-2,4-5H,3,6-10H2,(H,21,22). The van der Waals surface area contributed by atoms with Crippen LogP contribution < -0.4 is 0 Å². The van der Waals surface area contributed by atoms with E-state index in [1.165, 1.54) is 17.0 Å². The molecule has 1 heterocycles. The van der Waals surface area contributed by atoms with Crippen molar-refractivity contribution in [2.45, 2.75) is 12.8 Å². The lowest BCUT2D eigenvalue weighted by atomic mass is 10.1. The van der Waals surface area contributed by atoms with Crippen LogP contribution in [0.4, 0.5) is 4.39 Å². The van der Waals surface area contributed by atoms with E-state index in [-0.39, 0.29) is 24.8 Å². The number of carbonyl (C=O) groups is 3. The zero-order valence-electron chi connectivity index (χ0n) is 12.0. The molecule has 0 radical (unpaired) electrons. The molecule has 1 N–H and O–H groups in total. The Balaban J connectivity index is 1.79. The Labute approximate surface area is 127 Å². The maximum Gasteiger partial charge on any atom is 0.394 e. The third kappa shape index (κ3) is 4.03. The second-order valence-corrected chi connectivity index (χ2v) is 5.10. The molecular formula is C15H17FN2O4. The third-order valence-corrected chi connectivity index (χ3v) is 3.64. The highest BCUT2D eigenvalue weighted by Gasteiger charge is 2.27. The minimum absolute atomic E-state index is 0.0493. The third-order valence-electron chi connectivity index (χ3n) is 3.64. The molecule has 0 unspecified atom stereocenters. The van der Waals surface area contributed by atoms with Crippen molar-refractivity contribution in [3.8, 4) is 0 Å². The van der Waals surface area contributed by atoms with Gasteiger partial charge in [0.25, 0.3) is 0 Å². The number of aryl methyl sites for hydroxylation is 1. The number of benzene rings is 1. The van der Waals surface area contributed by atoms with Crippen LogP contribution in [0, 0.1) is 5.82 Å². The summed E-state index contributed by atoms with van der Waals surface area (Å²) in [6.07, 6.45) is 0.825. The van der Waals surface area contributed by atoms with Gasteiger partial charge in [0, 0.05) is 32.6 Å². The molecule has 1 aromatic rings. The van der Waals surface area contributed by atoms with Gasteiger partial charge in [-0.3, -0.25) is 9.59 Å². The summed E-state index contributed by atoms with van der Waals surface area (Å²) >= 11 is 0. The highest BCUT2D eigenvalue weighted by molar-refractivity contribution is 6.31. The SMILES string of the molecule is O=C(O)C(=O)N1CCN(C(=O)CCc2ccc(F)cc2)CC1. The topological polar surface area (TPSA) is 77.9 Å². The number of aliphatic carboxylic acids is 1. The van der Waals surface area contributed by atoms with Crippen LogP contribution in [0.2, 0.25) is 0 Å². The maximum absolute atomic E-state index is 12.8. The molecule has 1 aromatic carbocycles. The number of halogens is 1. The van der Waals surface area contributed by atoms with Gasteiger partial charge in [-0.1, -0.05) is 12.1 Å². The van der Waals surface area contributed by atoms with Crippen LogP contribution in [0.1, 0.15) is 12.0 Å². The molecule has 0 atom stereocenters. The van der Waals surface area contributed by atoms with Gasteiger partial charge in [0.1, 0.15) is 5.82 Å². The summed E-state index contributed by atoms with van der Waals surface area (Å²) in [5.41, 5.74) is 0.884. The quantitative estimate of drug-likeness (QED) is 0.826. The predicted molar refractivity (Wildman–Crippen MR) is 75.5 cm³/mol. The van der Waals surface area contributed by atoms with Gasteiger partial charge in [0.15, 0.2) is 0 Å². The van der Waals surface area contributed by atoms with E-state index in [4.69, 9.17) is 5.11 Å². The van der Waals surface area contributed by atoms with E-state index in [0.29, 0.717) is 25.9 Å². The Morgan fingerprint density at radius 3 is 2.09 bits per heavy atom. The van der Waals surface area contributed by atoms with Crippen molar-refractivity contribution < 1.29 is 23.9 Å². The molecule has 0 bridgehead atoms. The summed E-state index contributed by atoms with van der Waals surface area (Å²) in [6.45, 7) is 1.13. The second-order valence-electron chi connectivity index (χ2n) is 5.10. The Morgan fingerprint density at radius 2 is 1.55 bits per heavy atom. The first-order valence-electron chi connectivity index (χ1n) is 7.02. The highest BCUT2D eigenvalue weighted by Crippen LogP contribution is 2.09. The summed E-state index contributed by atoms with van der Waals surface area (Å²) in [4.78, 5) is 36.8. The molecule has 22 heavy (non-hydrogen) atoms. The van der Waals surface area contributed by atoms with Crippen LogP contribution in [0.15, 0.2) is 24.3 Å². The van der Waals surface area contributed by atoms with Crippen molar-refractivity contribution in [3.05, 3.63) is 35.6 Å². The van der Waals surface area contributed by atoms with E-state index in [2.05, 4.69) is 0 Å². The largest absolute Gasteiger partial charge is 0.474 e. The van der Waals surface area contributed by atoms with E-state index in [9.17, 15) is 18.8 Å². The van der Waals surface area contributed by atoms with Gasteiger partial charge in [-0.05, 0) is 24.1 Å². The summed E-state index contributed by atoms with van der Waals surface area (Å²) in [5, 5.41) is 8.64. The molecule has 7 heteroatoms. The van der Waals surface area contributed by atoms with Crippen LogP contribution >= 0.6 is 0 Å². The van der Waals surface area contributed by atoms with Crippen LogP contribution in [0.25, 0.3) is 0 Å². The number of rotatable bonds is 3. The monoisotopic (exact) mass is 308 g/mol. The number of piperazine rings is 1. The lowest BCUT2D eigenvalue weighted by Crippen LogP contribution is -2.52. The molecule has 1 fully saturated rings. The number of carboxylic acids is 1. The highest BCUT2D eigenvalue weighted by atomic mass is 19.1. The average molecular weight is 308 g/mol. The second kappa shape index (κ2) is 7.02. The minimum atomic E-state index is -1.48. The average Bonchev–Trinajstić information content (AvgIpc) is 2.53. The number of hydrogen-bond donors (Lipinski definition) is 1. The molecule has 2 amide bonds. The van der Waals surface area contributed by atoms with Gasteiger partial charge in [-0.25, -0.2) is 9.18 Å². The first-order chi connectivity index (χ1) is 10.5. The van der Waals surface area contributed by atoms with Crippen molar-refractivity contribution in [1.82, 2.24) is 9.80 Å². The first kappa shape index (κ1) is 15.9. The van der Waals surface area contributed by atoms with Crippen LogP contribution in [-0.2, 0) is 20.8 Å². The van der Waals surface area contributed by atoms with Crippen LogP contribution in [-0.4, -0.2) is 58.9 Å². The molecule has 1 aliphatic rings. The minimum Gasteiger partial charge on any atom is -0.474 e. The summed E-state index contributed by atoms with van der Waals surface area (Å²) in [6, 6.07) is 6.00. The number of nitrogens with zero attached hydrogens (tertiary/aromatic N) is 2. The zero-order valence-corrected chi connectivity index (χ0v) is 12.0. The van der Waals surface area contributed by atoms with Crippen molar-refractivity contribution in [2.75, 3.05) is 26.2 Å². The molecular weight excluding hydrogens is 291 g/mol. The fourth-order valence-corrected chi connectivity index (χ4v) is 2.35. The summed E-state index contributed by atoms with van der Waals surface area (Å²) in [5.74, 6) is -2.77. The lowest BCUT2D eigenvalue weighted by Gasteiger charge is -2.34. The number of amides is 2. The van der Waals surface area contributed by atoms with Gasteiger partial charge < -0.3 is 14.9 Å². The van der Waals surface area contributed by atoms with E-state index < -0.39 is 11.9 Å². The fraction of sp³-hybridized carbons (Fsp3) is 0.400. The normalized spacial score (nSPS) is 14.8. The van der Waals surface area contributed by atoms with Crippen LogP contribution in [0.3, 0.4) is 0 Å².